The predicted octanol–water partition coefficient (Wildman–Crippen LogP) is 7.64. The zero-order valence-corrected chi connectivity index (χ0v) is 41.2. The molecule has 2 atom stereocenters. The van der Waals surface area contributed by atoms with Gasteiger partial charge in [-0.1, -0.05) is 38.1 Å². The molecule has 0 bridgehead atoms. The number of hydrogen-bond donors (Lipinski definition) is 3. The number of piperidine rings is 1. The van der Waals surface area contributed by atoms with Crippen LogP contribution in [-0.4, -0.2) is 135 Å². The summed E-state index contributed by atoms with van der Waals surface area (Å²) in [5, 5.41) is 16.6. The fourth-order valence-corrected chi connectivity index (χ4v) is 13.1. The van der Waals surface area contributed by atoms with Gasteiger partial charge in [-0.15, -0.1) is 0 Å². The lowest BCUT2D eigenvalue weighted by Crippen LogP contribution is -2.55. The summed E-state index contributed by atoms with van der Waals surface area (Å²) in [6.45, 7) is 12.7. The van der Waals surface area contributed by atoms with Gasteiger partial charge in [0.05, 0.1) is 33.7 Å². The molecule has 2 aromatic heterocycles. The Morgan fingerprint density at radius 2 is 1.74 bits per heavy atom. The summed E-state index contributed by atoms with van der Waals surface area (Å²) < 4.78 is 42.9. The van der Waals surface area contributed by atoms with Crippen LogP contribution < -0.4 is 29.3 Å². The summed E-state index contributed by atoms with van der Waals surface area (Å²) in [4.78, 5) is 45.7. The van der Waals surface area contributed by atoms with Crippen LogP contribution in [0.15, 0.2) is 77.8 Å². The first-order valence-electron chi connectivity index (χ1n) is 25.1. The van der Waals surface area contributed by atoms with Crippen molar-refractivity contribution in [2.24, 2.45) is 5.41 Å². The second-order valence-electron chi connectivity index (χ2n) is 20.8. The lowest BCUT2D eigenvalue weighted by molar-refractivity contribution is -0.384. The van der Waals surface area contributed by atoms with Gasteiger partial charge in [-0.3, -0.25) is 24.7 Å². The van der Waals surface area contributed by atoms with E-state index in [0.717, 1.165) is 75.8 Å². The van der Waals surface area contributed by atoms with Crippen molar-refractivity contribution in [2.75, 3.05) is 94.3 Å². The van der Waals surface area contributed by atoms with Crippen LogP contribution in [0.5, 0.6) is 11.6 Å². The minimum atomic E-state index is -4.65. The highest BCUT2D eigenvalue weighted by molar-refractivity contribution is 7.90. The maximum absolute atomic E-state index is 14.6. The van der Waals surface area contributed by atoms with Crippen molar-refractivity contribution in [3.05, 3.63) is 99.7 Å². The van der Waals surface area contributed by atoms with Crippen molar-refractivity contribution in [3.8, 4) is 11.6 Å². The van der Waals surface area contributed by atoms with Gasteiger partial charge in [0.1, 0.15) is 17.9 Å². The summed E-state index contributed by atoms with van der Waals surface area (Å²) in [7, 11) is -2.57. The molecule has 4 fully saturated rings. The topological polar surface area (TPSA) is 182 Å². The van der Waals surface area contributed by atoms with Crippen LogP contribution in [0.25, 0.3) is 11.0 Å². The summed E-state index contributed by atoms with van der Waals surface area (Å²) in [5.74, 6) is 0.0715. The normalized spacial score (nSPS) is 22.2. The lowest BCUT2D eigenvalue weighted by Gasteiger charge is -2.56. The Hall–Kier alpha value is -5.95. The van der Waals surface area contributed by atoms with E-state index in [1.807, 2.05) is 35.4 Å². The van der Waals surface area contributed by atoms with Gasteiger partial charge in [-0.2, -0.15) is 4.98 Å². The Balaban J connectivity index is 0.843. The van der Waals surface area contributed by atoms with E-state index in [9.17, 15) is 23.3 Å². The van der Waals surface area contributed by atoms with Crippen molar-refractivity contribution in [2.45, 2.75) is 87.7 Å². The first kappa shape index (κ1) is 46.4. The molecule has 6 aliphatic rings. The number of fused-ring (bicyclic) bond motifs is 3. The van der Waals surface area contributed by atoms with Gasteiger partial charge in [0.25, 0.3) is 21.6 Å². The van der Waals surface area contributed by atoms with Gasteiger partial charge in [0, 0.05) is 93.8 Å². The number of aromatic nitrogens is 2. The largest absolute Gasteiger partial charge is 0.489 e. The third kappa shape index (κ3) is 8.92. The number of sulfonamides is 1. The van der Waals surface area contributed by atoms with Crippen molar-refractivity contribution in [3.63, 3.8) is 0 Å². The van der Waals surface area contributed by atoms with E-state index in [1.165, 1.54) is 42.9 Å². The van der Waals surface area contributed by atoms with Crippen LogP contribution in [0, 0.1) is 15.5 Å². The van der Waals surface area contributed by atoms with Gasteiger partial charge in [-0.05, 0) is 111 Å². The molecule has 1 saturated carbocycles. The number of nitrogens with one attached hydrogen (secondary N) is 3. The van der Waals surface area contributed by atoms with E-state index in [2.05, 4.69) is 79.8 Å². The number of ether oxygens (including phenoxy) is 2. The molecule has 11 rings (SSSR count). The van der Waals surface area contributed by atoms with E-state index in [1.54, 1.807) is 6.07 Å². The fourth-order valence-electron chi connectivity index (χ4n) is 12.1. The number of likely N-dealkylation sites (tertiary alicyclic amines) is 1. The lowest BCUT2D eigenvalue weighted by atomic mass is 9.59. The predicted molar refractivity (Wildman–Crippen MR) is 270 cm³/mol. The minimum absolute atomic E-state index is 0.0415. The van der Waals surface area contributed by atoms with Crippen molar-refractivity contribution in [1.82, 2.24) is 29.4 Å². The number of amides is 1. The molecule has 1 aliphatic carbocycles. The first-order chi connectivity index (χ1) is 33.8. The van der Waals surface area contributed by atoms with E-state index in [-0.39, 0.29) is 29.6 Å². The summed E-state index contributed by atoms with van der Waals surface area (Å²) in [6.07, 6.45) is 9.43. The van der Waals surface area contributed by atoms with Crippen LogP contribution in [0.1, 0.15) is 92.2 Å². The molecule has 5 aromatic rings. The molecule has 18 heteroatoms. The number of pyridine rings is 1. The molecule has 70 heavy (non-hydrogen) atoms. The Morgan fingerprint density at radius 3 is 2.53 bits per heavy atom. The second-order valence-corrected chi connectivity index (χ2v) is 22.5. The highest BCUT2D eigenvalue weighted by Crippen LogP contribution is 2.54. The number of rotatable bonds is 11. The number of anilines is 4. The molecule has 370 valence electrons. The maximum atomic E-state index is 14.6. The van der Waals surface area contributed by atoms with E-state index < -0.39 is 31.4 Å². The van der Waals surface area contributed by atoms with E-state index in [0.29, 0.717) is 72.4 Å². The van der Waals surface area contributed by atoms with Crippen LogP contribution in [0.3, 0.4) is 0 Å². The third-order valence-corrected chi connectivity index (χ3v) is 17.3. The van der Waals surface area contributed by atoms with Crippen molar-refractivity contribution in [1.29, 1.82) is 0 Å². The number of carbonyl (C=O) groups is 1. The third-order valence-electron chi connectivity index (χ3n) is 16.0. The van der Waals surface area contributed by atoms with Crippen LogP contribution in [0.2, 0.25) is 0 Å². The van der Waals surface area contributed by atoms with Gasteiger partial charge in [0.2, 0.25) is 5.88 Å². The zero-order valence-electron chi connectivity index (χ0n) is 40.4. The zero-order chi connectivity index (χ0) is 48.3. The number of aromatic amines is 1. The number of nitro groups is 1. The Labute approximate surface area is 409 Å². The Bertz CT molecular complexity index is 2900. The van der Waals surface area contributed by atoms with E-state index >= 15 is 0 Å². The summed E-state index contributed by atoms with van der Waals surface area (Å²) in [6, 6.07) is 21.6. The molecule has 3 aromatic carbocycles. The smallest absolute Gasteiger partial charge is 0.297 e. The van der Waals surface area contributed by atoms with E-state index in [4.69, 9.17) is 14.5 Å². The molecule has 3 saturated heterocycles. The molecule has 0 radical (unpaired) electrons. The number of hydrogen-bond acceptors (Lipinski definition) is 14. The van der Waals surface area contributed by atoms with Gasteiger partial charge in [0.15, 0.2) is 11.4 Å². The average Bonchev–Trinajstić information content (AvgIpc) is 3.98. The highest BCUT2D eigenvalue weighted by Gasteiger charge is 2.50. The number of H-pyrrole nitrogens is 1. The average molecular weight is 973 g/mol. The van der Waals surface area contributed by atoms with Gasteiger partial charge >= 0.3 is 0 Å². The van der Waals surface area contributed by atoms with Crippen LogP contribution >= 0.6 is 0 Å². The molecular weight excluding hydrogens is 909 g/mol. The molecule has 3 N–H and O–H groups in total. The van der Waals surface area contributed by atoms with Gasteiger partial charge < -0.3 is 34.5 Å². The standard InChI is InChI=1S/C52H64N10O7S/c1-34(2)40-8-4-5-9-41(40)43-10-6-17-60(43)38-30-52(31-38)14-19-59(20-15-52)37-11-12-42(44(27-37)61-18-7-25-68-51-46(61)26-35-13-16-53-49(35)55-51)50(63)56-70(66,67)39-28-45(62(64)65)48-47(29-39)69-33-36(54-48)32-58-23-21-57(3)22-24-58/h4-5,8-9,11-13,16,26-29,34,36,38,43,54H,6-7,10,14-15,17-25,30-33H2,1-3H3,(H,53,55)(H,56,63)/t36-,43-/m0/s1. The maximum Gasteiger partial charge on any atom is 0.297 e. The molecule has 0 unspecified atom stereocenters. The number of nitro benzene ring substituents is 1. The molecule has 17 nitrogen and oxygen atoms in total. The molecule has 1 spiro atoms. The van der Waals surface area contributed by atoms with Crippen LogP contribution in [-0.2, 0) is 10.0 Å². The first-order valence-corrected chi connectivity index (χ1v) is 26.6. The Morgan fingerprint density at radius 1 is 0.943 bits per heavy atom. The number of carbonyl (C=O) groups excluding carboxylic acids is 1. The minimum Gasteiger partial charge on any atom is -0.489 e. The fraction of sp³-hybridized carbons (Fsp3) is 0.500. The second kappa shape index (κ2) is 18.7. The number of nitrogens with zero attached hydrogens (tertiary/aromatic N) is 7. The van der Waals surface area contributed by atoms with Crippen molar-refractivity contribution < 1.29 is 27.6 Å². The summed E-state index contributed by atoms with van der Waals surface area (Å²) in [5.41, 5.74) is 5.85. The molecule has 7 heterocycles. The van der Waals surface area contributed by atoms with Crippen LogP contribution in [0.4, 0.5) is 28.4 Å². The number of benzene rings is 3. The molecule has 1 amide bonds. The van der Waals surface area contributed by atoms with Gasteiger partial charge in [-0.25, -0.2) is 13.1 Å². The number of piperazine rings is 1. The Kier molecular flexibility index (Phi) is 12.4. The highest BCUT2D eigenvalue weighted by atomic mass is 32.2. The molecule has 5 aliphatic heterocycles. The monoisotopic (exact) mass is 972 g/mol. The SMILES string of the molecule is CC(C)c1ccccc1[C@@H]1CCCN1C1CC2(CCN(c3ccc(C(=O)NS(=O)(=O)c4cc5c(c([N+](=O)[O-])c4)N[C@@H](CN4CCN(C)CC4)CO5)c(N4CCCOc5nc6[nH]ccc6cc54)c3)CC2)C1. The number of likely N-dealkylation sites (N-methyl/N-ethyl adjacent to an activating group) is 1. The quantitative estimate of drug-likeness (QED) is 0.0868. The van der Waals surface area contributed by atoms with Crippen molar-refractivity contribution >= 4 is 55.4 Å². The molecular formula is C52H64N10O7S. The summed E-state index contributed by atoms with van der Waals surface area (Å²) >= 11 is 0.